The molecule has 1 saturated carbocycles. The first kappa shape index (κ1) is 21.1. The number of benzene rings is 2. The minimum absolute atomic E-state index is 0.0171. The van der Waals surface area contributed by atoms with Crippen LogP contribution in [0.4, 0.5) is 0 Å². The van der Waals surface area contributed by atoms with Gasteiger partial charge in [-0.15, -0.1) is 0 Å². The Kier molecular flexibility index (Phi) is 5.91. The van der Waals surface area contributed by atoms with Crippen molar-refractivity contribution in [3.8, 4) is 17.9 Å². The first-order chi connectivity index (χ1) is 15.5. The monoisotopic (exact) mass is 426 g/mol. The number of hydrogen-bond donors (Lipinski definition) is 1. The van der Waals surface area contributed by atoms with Gasteiger partial charge in [0.2, 0.25) is 0 Å². The van der Waals surface area contributed by atoms with Gasteiger partial charge in [0.25, 0.3) is 5.56 Å². The summed E-state index contributed by atoms with van der Waals surface area (Å²) in [6.45, 7) is 0. The van der Waals surface area contributed by atoms with Gasteiger partial charge in [-0.3, -0.25) is 4.79 Å². The standard InChI is InChI=1S/C25H22N4O3/c1-32-20-9-7-16(8-10-20)24(30)13-22-25(31)29(19-5-3-2-4-6-19)23-12-18(15-27)17(14-26)11-21(23)28-22/h7-13,19,30H,2-6H2,1H3/b24-13-. The first-order valence-corrected chi connectivity index (χ1v) is 10.5. The third-order valence-corrected chi connectivity index (χ3v) is 5.89. The van der Waals surface area contributed by atoms with Gasteiger partial charge >= 0.3 is 0 Å². The van der Waals surface area contributed by atoms with Crippen molar-refractivity contribution in [2.24, 2.45) is 0 Å². The largest absolute Gasteiger partial charge is 0.507 e. The van der Waals surface area contributed by atoms with E-state index in [9.17, 15) is 20.4 Å². The summed E-state index contributed by atoms with van der Waals surface area (Å²) in [5.41, 5.74) is 1.70. The Morgan fingerprint density at radius 1 is 1.12 bits per heavy atom. The Bertz CT molecular complexity index is 1340. The highest BCUT2D eigenvalue weighted by atomic mass is 16.5. The van der Waals surface area contributed by atoms with E-state index in [1.807, 2.05) is 12.1 Å². The maximum absolute atomic E-state index is 13.5. The molecule has 0 spiro atoms. The third kappa shape index (κ3) is 3.93. The van der Waals surface area contributed by atoms with Crippen molar-refractivity contribution < 1.29 is 9.84 Å². The van der Waals surface area contributed by atoms with Crippen LogP contribution in [0.5, 0.6) is 5.75 Å². The van der Waals surface area contributed by atoms with Gasteiger partial charge < -0.3 is 14.4 Å². The molecule has 0 radical (unpaired) electrons. The van der Waals surface area contributed by atoms with Gasteiger partial charge in [-0.1, -0.05) is 19.3 Å². The molecule has 1 aliphatic carbocycles. The molecule has 1 N–H and O–H groups in total. The van der Waals surface area contributed by atoms with Crippen LogP contribution in [0, 0.1) is 22.7 Å². The van der Waals surface area contributed by atoms with Gasteiger partial charge in [-0.25, -0.2) is 4.98 Å². The minimum atomic E-state index is -0.321. The number of nitrogens with zero attached hydrogens (tertiary/aromatic N) is 4. The predicted octanol–water partition coefficient (Wildman–Crippen LogP) is 4.71. The van der Waals surface area contributed by atoms with Crippen LogP contribution in [0.25, 0.3) is 22.9 Å². The fourth-order valence-electron chi connectivity index (χ4n) is 4.23. The number of aliphatic hydroxyl groups is 1. The number of rotatable bonds is 4. The fourth-order valence-corrected chi connectivity index (χ4v) is 4.23. The van der Waals surface area contributed by atoms with Crippen molar-refractivity contribution in [1.29, 1.82) is 10.5 Å². The van der Waals surface area contributed by atoms with Crippen LogP contribution in [0.3, 0.4) is 0 Å². The average Bonchev–Trinajstić information content (AvgIpc) is 2.84. The Labute approximate surface area is 185 Å². The molecule has 2 aromatic carbocycles. The molecule has 7 nitrogen and oxygen atoms in total. The molecule has 4 rings (SSSR count). The molecule has 7 heteroatoms. The highest BCUT2D eigenvalue weighted by molar-refractivity contribution is 5.82. The molecule has 3 aromatic rings. The van der Waals surface area contributed by atoms with E-state index in [0.717, 1.165) is 32.1 Å². The number of aliphatic hydroxyl groups excluding tert-OH is 1. The van der Waals surface area contributed by atoms with Gasteiger partial charge in [0.05, 0.1) is 29.3 Å². The van der Waals surface area contributed by atoms with Crippen LogP contribution in [0.15, 0.2) is 41.2 Å². The lowest BCUT2D eigenvalue weighted by molar-refractivity contribution is 0.353. The van der Waals surface area contributed by atoms with E-state index >= 15 is 0 Å². The van der Waals surface area contributed by atoms with Crippen molar-refractivity contribution in [3.63, 3.8) is 0 Å². The quantitative estimate of drug-likeness (QED) is 0.605. The summed E-state index contributed by atoms with van der Waals surface area (Å²) in [6, 6.07) is 14.0. The minimum Gasteiger partial charge on any atom is -0.507 e. The second-order valence-electron chi connectivity index (χ2n) is 7.83. The molecule has 160 valence electrons. The maximum Gasteiger partial charge on any atom is 0.277 e. The van der Waals surface area contributed by atoms with E-state index in [1.54, 1.807) is 42.0 Å². The van der Waals surface area contributed by atoms with Crippen LogP contribution in [-0.2, 0) is 0 Å². The van der Waals surface area contributed by atoms with Crippen LogP contribution in [-0.4, -0.2) is 21.8 Å². The Balaban J connectivity index is 1.92. The molecular formula is C25H22N4O3. The molecule has 32 heavy (non-hydrogen) atoms. The highest BCUT2D eigenvalue weighted by Gasteiger charge is 2.22. The molecule has 0 bridgehead atoms. The molecule has 1 aliphatic rings. The lowest BCUT2D eigenvalue weighted by Crippen LogP contribution is -2.29. The zero-order valence-corrected chi connectivity index (χ0v) is 17.7. The van der Waals surface area contributed by atoms with E-state index in [2.05, 4.69) is 4.98 Å². The van der Waals surface area contributed by atoms with Crippen LogP contribution in [0.1, 0.15) is 60.5 Å². The van der Waals surface area contributed by atoms with E-state index in [4.69, 9.17) is 4.74 Å². The molecule has 0 amide bonds. The summed E-state index contributed by atoms with van der Waals surface area (Å²) in [7, 11) is 1.56. The average molecular weight is 426 g/mol. The SMILES string of the molecule is COc1ccc(/C(O)=C/c2nc3cc(C#N)c(C#N)cc3n(C3CCCCC3)c2=O)cc1. The van der Waals surface area contributed by atoms with Crippen molar-refractivity contribution in [2.45, 2.75) is 38.1 Å². The topological polar surface area (TPSA) is 112 Å². The molecule has 1 aromatic heterocycles. The number of ether oxygens (including phenoxy) is 1. The van der Waals surface area contributed by atoms with E-state index in [-0.39, 0.29) is 34.2 Å². The summed E-state index contributed by atoms with van der Waals surface area (Å²) in [6.07, 6.45) is 6.23. The van der Waals surface area contributed by atoms with Crippen molar-refractivity contribution in [1.82, 2.24) is 9.55 Å². The van der Waals surface area contributed by atoms with Gasteiger partial charge in [0.1, 0.15) is 29.3 Å². The number of methoxy groups -OCH3 is 1. The summed E-state index contributed by atoms with van der Waals surface area (Å²) in [4.78, 5) is 17.9. The third-order valence-electron chi connectivity index (χ3n) is 5.89. The second kappa shape index (κ2) is 8.95. The smallest absolute Gasteiger partial charge is 0.277 e. The van der Waals surface area contributed by atoms with Crippen LogP contribution < -0.4 is 10.3 Å². The van der Waals surface area contributed by atoms with Gasteiger partial charge in [-0.2, -0.15) is 10.5 Å². The Morgan fingerprint density at radius 3 is 2.41 bits per heavy atom. The summed E-state index contributed by atoms with van der Waals surface area (Å²) < 4.78 is 6.83. The molecule has 0 unspecified atom stereocenters. The fraction of sp³-hybridized carbons (Fsp3) is 0.280. The number of fused-ring (bicyclic) bond motifs is 1. The Morgan fingerprint density at radius 2 is 1.78 bits per heavy atom. The van der Waals surface area contributed by atoms with Gasteiger partial charge in [0.15, 0.2) is 0 Å². The zero-order chi connectivity index (χ0) is 22.7. The lowest BCUT2D eigenvalue weighted by Gasteiger charge is -2.26. The van der Waals surface area contributed by atoms with Crippen LogP contribution >= 0.6 is 0 Å². The van der Waals surface area contributed by atoms with Crippen molar-refractivity contribution in [2.75, 3.05) is 7.11 Å². The molecule has 1 heterocycles. The number of hydrogen-bond acceptors (Lipinski definition) is 6. The summed E-state index contributed by atoms with van der Waals surface area (Å²) >= 11 is 0. The molecule has 1 fully saturated rings. The highest BCUT2D eigenvalue weighted by Crippen LogP contribution is 2.30. The maximum atomic E-state index is 13.5. The van der Waals surface area contributed by atoms with E-state index in [1.165, 1.54) is 12.1 Å². The predicted molar refractivity (Wildman–Crippen MR) is 121 cm³/mol. The molecule has 0 aliphatic heterocycles. The number of aromatic nitrogens is 2. The van der Waals surface area contributed by atoms with Crippen molar-refractivity contribution in [3.05, 3.63) is 69.1 Å². The van der Waals surface area contributed by atoms with Gasteiger partial charge in [0, 0.05) is 17.7 Å². The van der Waals surface area contributed by atoms with Crippen LogP contribution in [0.2, 0.25) is 0 Å². The summed E-state index contributed by atoms with van der Waals surface area (Å²) in [5.74, 6) is 0.559. The van der Waals surface area contributed by atoms with Crippen molar-refractivity contribution >= 4 is 22.9 Å². The second-order valence-corrected chi connectivity index (χ2v) is 7.83. The van der Waals surface area contributed by atoms with E-state index in [0.29, 0.717) is 22.3 Å². The zero-order valence-electron chi connectivity index (χ0n) is 17.7. The molecule has 0 saturated heterocycles. The van der Waals surface area contributed by atoms with Gasteiger partial charge in [-0.05, 0) is 49.2 Å². The van der Waals surface area contributed by atoms with E-state index < -0.39 is 0 Å². The first-order valence-electron chi connectivity index (χ1n) is 10.5. The molecular weight excluding hydrogens is 404 g/mol. The normalized spacial score (nSPS) is 14.7. The molecule has 0 atom stereocenters. The Hall–Kier alpha value is -4.10. The number of nitriles is 2. The summed E-state index contributed by atoms with van der Waals surface area (Å²) in [5, 5.41) is 29.5. The lowest BCUT2D eigenvalue weighted by atomic mass is 9.94.